The van der Waals surface area contributed by atoms with Crippen LogP contribution in [0, 0.1) is 11.8 Å². The lowest BCUT2D eigenvalue weighted by atomic mass is 9.85. The van der Waals surface area contributed by atoms with Crippen molar-refractivity contribution in [2.75, 3.05) is 31.8 Å². The van der Waals surface area contributed by atoms with E-state index in [4.69, 9.17) is 14.5 Å². The third kappa shape index (κ3) is 3.80. The van der Waals surface area contributed by atoms with Crippen LogP contribution in [0.25, 0.3) is 16.9 Å². The first kappa shape index (κ1) is 20.0. The molecule has 1 aliphatic carbocycles. The van der Waals surface area contributed by atoms with Crippen LogP contribution >= 0.6 is 0 Å². The largest absolute Gasteiger partial charge is 0.377 e. The number of morpholine rings is 1. The van der Waals surface area contributed by atoms with Crippen molar-refractivity contribution in [3.8, 4) is 17.7 Å². The molecule has 162 valence electrons. The molecule has 1 saturated heterocycles. The summed E-state index contributed by atoms with van der Waals surface area (Å²) >= 11 is 0. The molecule has 2 fully saturated rings. The summed E-state index contributed by atoms with van der Waals surface area (Å²) in [5.74, 6) is 8.59. The molecule has 0 aromatic carbocycles. The fourth-order valence-corrected chi connectivity index (χ4v) is 4.53. The second-order valence-electron chi connectivity index (χ2n) is 8.39. The zero-order chi connectivity index (χ0) is 21.3. The average Bonchev–Trinajstić information content (AvgIpc) is 3.48. The lowest BCUT2D eigenvalue weighted by Gasteiger charge is -2.34. The van der Waals surface area contributed by atoms with E-state index in [1.165, 1.54) is 6.42 Å². The number of H-pyrrole nitrogens is 1. The summed E-state index contributed by atoms with van der Waals surface area (Å²) in [4.78, 5) is 7.27. The first-order valence-electron chi connectivity index (χ1n) is 11.0. The number of rotatable bonds is 3. The summed E-state index contributed by atoms with van der Waals surface area (Å²) in [6, 6.07) is 4.21. The monoisotopic (exact) mass is 420 g/mol. The Balaban J connectivity index is 1.64. The van der Waals surface area contributed by atoms with Gasteiger partial charge in [-0.05, 0) is 38.7 Å². The van der Waals surface area contributed by atoms with E-state index >= 15 is 0 Å². The first-order valence-corrected chi connectivity index (χ1v) is 11.0. The second-order valence-corrected chi connectivity index (χ2v) is 8.39. The Hall–Kier alpha value is -2.89. The van der Waals surface area contributed by atoms with Crippen molar-refractivity contribution >= 4 is 16.9 Å². The lowest BCUT2D eigenvalue weighted by molar-refractivity contribution is 0.0104. The molecule has 1 N–H and O–H groups in total. The predicted molar refractivity (Wildman–Crippen MR) is 118 cm³/mol. The smallest absolute Gasteiger partial charge is 0.168 e. The normalized spacial score (nSPS) is 21.1. The van der Waals surface area contributed by atoms with E-state index in [2.05, 4.69) is 45.0 Å². The maximum Gasteiger partial charge on any atom is 0.168 e. The van der Waals surface area contributed by atoms with E-state index in [-0.39, 0.29) is 11.6 Å². The number of fused-ring (bicyclic) bond motifs is 1. The highest BCUT2D eigenvalue weighted by Crippen LogP contribution is 2.31. The standard InChI is InChI=1S/C23H28N6O2/c1-17-16-31-13-12-28(17)21-14-18(6-10-23(30-2)8-4-3-5-9-23)19-15-25-29(22(19)26-21)20-7-11-24-27-20/h7,11,14-15,17H,3-5,8-9,12-13,16H2,1-2H3,(H,24,27)/t17-/m1/s1. The minimum Gasteiger partial charge on any atom is -0.377 e. The van der Waals surface area contributed by atoms with Gasteiger partial charge in [-0.1, -0.05) is 18.3 Å². The van der Waals surface area contributed by atoms with Crippen molar-refractivity contribution in [3.63, 3.8) is 0 Å². The number of nitrogens with one attached hydrogen (secondary N) is 1. The molecule has 0 unspecified atom stereocenters. The van der Waals surface area contributed by atoms with Gasteiger partial charge in [-0.15, -0.1) is 0 Å². The van der Waals surface area contributed by atoms with Crippen LogP contribution in [0.1, 0.15) is 44.6 Å². The highest BCUT2D eigenvalue weighted by atomic mass is 16.5. The van der Waals surface area contributed by atoms with E-state index in [0.717, 1.165) is 60.5 Å². The van der Waals surface area contributed by atoms with Crippen LogP contribution in [0.2, 0.25) is 0 Å². The van der Waals surface area contributed by atoms with E-state index in [0.29, 0.717) is 13.2 Å². The third-order valence-electron chi connectivity index (χ3n) is 6.38. The van der Waals surface area contributed by atoms with Crippen LogP contribution in [0.3, 0.4) is 0 Å². The minimum absolute atomic E-state index is 0.242. The van der Waals surface area contributed by atoms with Crippen molar-refractivity contribution in [2.45, 2.75) is 50.7 Å². The molecule has 8 heteroatoms. The zero-order valence-electron chi connectivity index (χ0n) is 18.1. The molecule has 1 atom stereocenters. The maximum absolute atomic E-state index is 5.89. The summed E-state index contributed by atoms with van der Waals surface area (Å²) in [7, 11) is 1.78. The van der Waals surface area contributed by atoms with Gasteiger partial charge in [-0.3, -0.25) is 5.10 Å². The highest BCUT2D eigenvalue weighted by Gasteiger charge is 2.30. The van der Waals surface area contributed by atoms with Crippen LogP contribution in [0.4, 0.5) is 5.82 Å². The van der Waals surface area contributed by atoms with Crippen molar-refractivity contribution in [1.29, 1.82) is 0 Å². The van der Waals surface area contributed by atoms with E-state index in [1.54, 1.807) is 18.0 Å². The quantitative estimate of drug-likeness (QED) is 0.656. The summed E-state index contributed by atoms with van der Waals surface area (Å²) in [5.41, 5.74) is 1.32. The van der Waals surface area contributed by atoms with Crippen LogP contribution < -0.4 is 4.90 Å². The van der Waals surface area contributed by atoms with Crippen LogP contribution in [0.15, 0.2) is 24.5 Å². The van der Waals surface area contributed by atoms with Crippen molar-refractivity contribution in [2.24, 2.45) is 0 Å². The molecular formula is C23H28N6O2. The SMILES string of the molecule is COC1(C#Cc2cc(N3CCOC[C@H]3C)nc3c2cnn3-c2ccn[nH]2)CCCCC1. The molecule has 0 radical (unpaired) electrons. The Kier molecular flexibility index (Phi) is 5.38. The minimum atomic E-state index is -0.361. The Morgan fingerprint density at radius 1 is 1.29 bits per heavy atom. The van der Waals surface area contributed by atoms with Gasteiger partial charge in [-0.25, -0.2) is 4.98 Å². The van der Waals surface area contributed by atoms with Gasteiger partial charge < -0.3 is 14.4 Å². The van der Waals surface area contributed by atoms with Crippen LogP contribution in [0.5, 0.6) is 0 Å². The number of aromatic amines is 1. The molecule has 0 spiro atoms. The van der Waals surface area contributed by atoms with E-state index in [1.807, 2.05) is 12.3 Å². The Morgan fingerprint density at radius 2 is 2.16 bits per heavy atom. The number of methoxy groups -OCH3 is 1. The molecule has 2 aliphatic rings. The third-order valence-corrected chi connectivity index (χ3v) is 6.38. The number of aromatic nitrogens is 5. The van der Waals surface area contributed by atoms with Crippen LogP contribution in [-0.2, 0) is 9.47 Å². The summed E-state index contributed by atoms with van der Waals surface area (Å²) < 4.78 is 13.3. The zero-order valence-corrected chi connectivity index (χ0v) is 18.1. The molecule has 31 heavy (non-hydrogen) atoms. The van der Waals surface area contributed by atoms with E-state index in [9.17, 15) is 0 Å². The van der Waals surface area contributed by atoms with Gasteiger partial charge in [0.2, 0.25) is 0 Å². The molecule has 3 aromatic heterocycles. The number of hydrogen-bond donors (Lipinski definition) is 1. The van der Waals surface area contributed by atoms with Gasteiger partial charge in [0.1, 0.15) is 11.4 Å². The van der Waals surface area contributed by atoms with Crippen molar-refractivity contribution < 1.29 is 9.47 Å². The fourth-order valence-electron chi connectivity index (χ4n) is 4.53. The van der Waals surface area contributed by atoms with Gasteiger partial charge >= 0.3 is 0 Å². The molecule has 8 nitrogen and oxygen atoms in total. The lowest BCUT2D eigenvalue weighted by Crippen LogP contribution is -2.44. The molecule has 1 saturated carbocycles. The number of hydrogen-bond acceptors (Lipinski definition) is 6. The Morgan fingerprint density at radius 3 is 2.90 bits per heavy atom. The molecule has 4 heterocycles. The van der Waals surface area contributed by atoms with Crippen LogP contribution in [-0.4, -0.2) is 63.5 Å². The molecule has 1 aliphatic heterocycles. The molecule has 0 bridgehead atoms. The summed E-state index contributed by atoms with van der Waals surface area (Å²) in [6.45, 7) is 4.34. The topological polar surface area (TPSA) is 81.1 Å². The number of anilines is 1. The van der Waals surface area contributed by atoms with E-state index < -0.39 is 0 Å². The number of ether oxygens (including phenoxy) is 2. The molecule has 3 aromatic rings. The summed E-state index contributed by atoms with van der Waals surface area (Å²) in [6.07, 6.45) is 9.06. The van der Waals surface area contributed by atoms with Gasteiger partial charge in [0.05, 0.1) is 37.0 Å². The molecular weight excluding hydrogens is 392 g/mol. The number of nitrogens with zero attached hydrogens (tertiary/aromatic N) is 5. The van der Waals surface area contributed by atoms with Gasteiger partial charge in [0.15, 0.2) is 11.5 Å². The average molecular weight is 421 g/mol. The molecule has 5 rings (SSSR count). The van der Waals surface area contributed by atoms with Crippen molar-refractivity contribution in [1.82, 2.24) is 25.0 Å². The van der Waals surface area contributed by atoms with Gasteiger partial charge in [-0.2, -0.15) is 14.9 Å². The maximum atomic E-state index is 5.89. The number of pyridine rings is 1. The Labute approximate surface area is 181 Å². The fraction of sp³-hybridized carbons (Fsp3) is 0.522. The predicted octanol–water partition coefficient (Wildman–Crippen LogP) is 3.07. The first-order chi connectivity index (χ1) is 15.2. The van der Waals surface area contributed by atoms with Gasteiger partial charge in [0, 0.05) is 25.3 Å². The van der Waals surface area contributed by atoms with Gasteiger partial charge in [0.25, 0.3) is 0 Å². The summed E-state index contributed by atoms with van der Waals surface area (Å²) in [5, 5.41) is 12.5. The Bertz CT molecular complexity index is 1100. The second kappa shape index (κ2) is 8.33. The molecule has 0 amide bonds. The van der Waals surface area contributed by atoms with Crippen molar-refractivity contribution in [3.05, 3.63) is 30.1 Å². The highest BCUT2D eigenvalue weighted by molar-refractivity contribution is 5.85.